The minimum Gasteiger partial charge on any atom is -0.392 e. The van der Waals surface area contributed by atoms with Gasteiger partial charge in [0, 0.05) is 11.5 Å². The number of rotatable bonds is 6. The number of hydrogen-bond donors (Lipinski definition) is 1. The number of amides is 1. The highest BCUT2D eigenvalue weighted by Crippen LogP contribution is 2.20. The smallest absolute Gasteiger partial charge is 0.261 e. The van der Waals surface area contributed by atoms with E-state index in [1.807, 2.05) is 0 Å². The van der Waals surface area contributed by atoms with E-state index in [1.165, 1.54) is 6.42 Å². The molecule has 0 spiro atoms. The molecule has 0 aromatic carbocycles. The molecule has 0 bridgehead atoms. The van der Waals surface area contributed by atoms with Gasteiger partial charge in [-0.2, -0.15) is 9.36 Å². The van der Waals surface area contributed by atoms with E-state index >= 15 is 0 Å². The maximum absolute atomic E-state index is 10.8. The van der Waals surface area contributed by atoms with Crippen LogP contribution in [0.3, 0.4) is 0 Å². The largest absolute Gasteiger partial charge is 0.392 e. The summed E-state index contributed by atoms with van der Waals surface area (Å²) in [5, 5.41) is 6.42. The first-order valence-electron chi connectivity index (χ1n) is 5.99. The number of nitrogens with zero attached hydrogens (tertiary/aromatic N) is 3. The molecule has 2 rings (SSSR count). The van der Waals surface area contributed by atoms with Crippen molar-refractivity contribution in [2.75, 3.05) is 5.32 Å². The summed E-state index contributed by atoms with van der Waals surface area (Å²) in [6, 6.07) is 0. The molecule has 1 aromatic rings. The maximum Gasteiger partial charge on any atom is 0.261 e. The third kappa shape index (κ3) is 3.82. The molecule has 19 heavy (non-hydrogen) atoms. The van der Waals surface area contributed by atoms with Crippen LogP contribution in [0.1, 0.15) is 37.9 Å². The normalized spacial score (nSPS) is 16.9. The van der Waals surface area contributed by atoms with E-state index in [1.54, 1.807) is 6.29 Å². The third-order valence-electron chi connectivity index (χ3n) is 2.76. The predicted octanol–water partition coefficient (Wildman–Crippen LogP) is 1.27. The van der Waals surface area contributed by atoms with Crippen LogP contribution in [-0.2, 0) is 14.4 Å². The zero-order valence-corrected chi connectivity index (χ0v) is 11.0. The molecule has 1 N–H and O–H groups in total. The Bertz CT molecular complexity index is 468. The second kappa shape index (κ2) is 6.93. The van der Waals surface area contributed by atoms with Crippen molar-refractivity contribution in [2.24, 2.45) is 5.16 Å². The molecular formula is C11H13N4O3S. The van der Waals surface area contributed by atoms with Crippen LogP contribution in [0.2, 0.25) is 0 Å². The van der Waals surface area contributed by atoms with Crippen LogP contribution >= 0.6 is 11.5 Å². The van der Waals surface area contributed by atoms with Crippen LogP contribution in [0.15, 0.2) is 5.16 Å². The van der Waals surface area contributed by atoms with Gasteiger partial charge in [-0.1, -0.05) is 11.6 Å². The van der Waals surface area contributed by atoms with Crippen molar-refractivity contribution in [2.45, 2.75) is 38.2 Å². The van der Waals surface area contributed by atoms with E-state index in [4.69, 9.17) is 4.84 Å². The third-order valence-corrected chi connectivity index (χ3v) is 3.41. The fraction of sp³-hybridized carbons (Fsp3) is 0.545. The van der Waals surface area contributed by atoms with Gasteiger partial charge in [-0.05, 0) is 25.7 Å². The molecule has 1 fully saturated rings. The Hall–Kier alpha value is -1.83. The van der Waals surface area contributed by atoms with Crippen LogP contribution in [0.5, 0.6) is 0 Å². The van der Waals surface area contributed by atoms with Gasteiger partial charge < -0.3 is 10.2 Å². The van der Waals surface area contributed by atoms with Gasteiger partial charge in [0.15, 0.2) is 5.71 Å². The van der Waals surface area contributed by atoms with Crippen molar-refractivity contribution in [1.82, 2.24) is 9.36 Å². The van der Waals surface area contributed by atoms with Crippen molar-refractivity contribution >= 4 is 35.1 Å². The second-order valence-electron chi connectivity index (χ2n) is 4.09. The highest BCUT2D eigenvalue weighted by atomic mass is 32.1. The highest BCUT2D eigenvalue weighted by molar-refractivity contribution is 7.10. The number of oxime groups is 1. The monoisotopic (exact) mass is 281 g/mol. The van der Waals surface area contributed by atoms with Crippen LogP contribution in [0, 0.1) is 0 Å². The summed E-state index contributed by atoms with van der Waals surface area (Å²) in [5.41, 5.74) is -0.0826. The van der Waals surface area contributed by atoms with Gasteiger partial charge in [-0.3, -0.25) is 9.59 Å². The Morgan fingerprint density at radius 3 is 2.95 bits per heavy atom. The summed E-state index contributed by atoms with van der Waals surface area (Å²) in [6.45, 7) is 0. The first kappa shape index (κ1) is 13.6. The summed E-state index contributed by atoms with van der Waals surface area (Å²) >= 11 is 0.961. The van der Waals surface area contributed by atoms with Crippen molar-refractivity contribution in [3.63, 3.8) is 0 Å². The Balaban J connectivity index is 2.00. The Morgan fingerprint density at radius 2 is 2.26 bits per heavy atom. The average Bonchev–Trinajstić information content (AvgIpc) is 2.90. The number of aromatic nitrogens is 2. The van der Waals surface area contributed by atoms with E-state index in [9.17, 15) is 9.59 Å². The molecule has 1 heterocycles. The molecule has 1 amide bonds. The van der Waals surface area contributed by atoms with Gasteiger partial charge in [-0.15, -0.1) is 0 Å². The van der Waals surface area contributed by atoms with Gasteiger partial charge in [0.2, 0.25) is 17.4 Å². The van der Waals surface area contributed by atoms with E-state index in [2.05, 4.69) is 19.8 Å². The van der Waals surface area contributed by atoms with E-state index in [0.717, 1.165) is 37.2 Å². The molecular weight excluding hydrogens is 268 g/mol. The fourth-order valence-electron chi connectivity index (χ4n) is 1.83. The SMILES string of the molecule is O=[C]/C(=N\OC1CCCCC1)c1nsc(NC=O)n1. The van der Waals surface area contributed by atoms with Crippen LogP contribution < -0.4 is 5.32 Å². The summed E-state index contributed by atoms with van der Waals surface area (Å²) in [6.07, 6.45) is 7.51. The molecule has 1 aromatic heterocycles. The van der Waals surface area contributed by atoms with Crippen LogP contribution in [0.25, 0.3) is 0 Å². The van der Waals surface area contributed by atoms with E-state index in [0.29, 0.717) is 11.5 Å². The van der Waals surface area contributed by atoms with Crippen LogP contribution in [-0.4, -0.2) is 33.9 Å². The second-order valence-corrected chi connectivity index (χ2v) is 4.84. The molecule has 0 aliphatic heterocycles. The van der Waals surface area contributed by atoms with Crippen molar-refractivity contribution < 1.29 is 14.4 Å². The lowest BCUT2D eigenvalue weighted by Gasteiger charge is -2.19. The molecule has 7 nitrogen and oxygen atoms in total. The van der Waals surface area contributed by atoms with Crippen molar-refractivity contribution in [1.29, 1.82) is 0 Å². The lowest BCUT2D eigenvalue weighted by molar-refractivity contribution is -0.105. The number of hydrogen-bond acceptors (Lipinski definition) is 7. The van der Waals surface area contributed by atoms with Gasteiger partial charge in [0.05, 0.1) is 0 Å². The first-order valence-corrected chi connectivity index (χ1v) is 6.77. The Kier molecular flexibility index (Phi) is 4.96. The zero-order valence-electron chi connectivity index (χ0n) is 10.2. The maximum atomic E-state index is 10.8. The van der Waals surface area contributed by atoms with Crippen LogP contribution in [0.4, 0.5) is 5.13 Å². The quantitative estimate of drug-likeness (QED) is 0.481. The predicted molar refractivity (Wildman–Crippen MR) is 69.8 cm³/mol. The number of carbonyl (C=O) groups is 1. The zero-order chi connectivity index (χ0) is 13.5. The first-order chi connectivity index (χ1) is 9.33. The summed E-state index contributed by atoms with van der Waals surface area (Å²) in [7, 11) is 0. The molecule has 1 aliphatic carbocycles. The van der Waals surface area contributed by atoms with Gasteiger partial charge in [0.1, 0.15) is 6.10 Å². The van der Waals surface area contributed by atoms with Gasteiger partial charge in [-0.25, -0.2) is 0 Å². The molecule has 1 aliphatic rings. The Labute approximate surface area is 114 Å². The molecule has 0 unspecified atom stereocenters. The number of anilines is 1. The number of carbonyl (C=O) groups excluding carboxylic acids is 2. The van der Waals surface area contributed by atoms with Crippen molar-refractivity contribution in [3.05, 3.63) is 5.82 Å². The standard InChI is InChI=1S/C11H13N4O3S/c16-6-9(10-13-11(12-7-17)19-15-10)14-18-8-4-2-1-3-5-8/h7-8H,1-5H2,(H,12,13,15,17)/b14-9+. The lowest BCUT2D eigenvalue weighted by Crippen LogP contribution is -2.16. The molecule has 1 radical (unpaired) electrons. The minimum absolute atomic E-state index is 0.0447. The van der Waals surface area contributed by atoms with E-state index < -0.39 is 0 Å². The average molecular weight is 281 g/mol. The molecule has 101 valence electrons. The fourth-order valence-corrected chi connectivity index (χ4v) is 2.36. The van der Waals surface area contributed by atoms with E-state index in [-0.39, 0.29) is 17.6 Å². The molecule has 8 heteroatoms. The topological polar surface area (TPSA) is 93.5 Å². The molecule has 0 saturated heterocycles. The van der Waals surface area contributed by atoms with Gasteiger partial charge in [0.25, 0.3) is 6.29 Å². The van der Waals surface area contributed by atoms with Gasteiger partial charge >= 0.3 is 0 Å². The minimum atomic E-state index is -0.0826. The summed E-state index contributed by atoms with van der Waals surface area (Å²) in [5.74, 6) is 0.111. The highest BCUT2D eigenvalue weighted by Gasteiger charge is 2.17. The van der Waals surface area contributed by atoms with Crippen molar-refractivity contribution in [3.8, 4) is 0 Å². The Morgan fingerprint density at radius 1 is 1.47 bits per heavy atom. The summed E-state index contributed by atoms with van der Waals surface area (Å²) in [4.78, 5) is 30.3. The molecule has 1 saturated carbocycles. The lowest BCUT2D eigenvalue weighted by atomic mass is 9.98. The number of nitrogens with one attached hydrogen (secondary N) is 1. The molecule has 0 atom stereocenters. The summed E-state index contributed by atoms with van der Waals surface area (Å²) < 4.78 is 3.91.